The van der Waals surface area contributed by atoms with Gasteiger partial charge < -0.3 is 14.5 Å². The molecule has 3 rings (SSSR count). The number of esters is 1. The third-order valence-corrected chi connectivity index (χ3v) is 5.46. The lowest BCUT2D eigenvalue weighted by Crippen LogP contribution is -2.38. The Balaban J connectivity index is 1.60. The lowest BCUT2D eigenvalue weighted by Gasteiger charge is -2.17. The van der Waals surface area contributed by atoms with Gasteiger partial charge in [0, 0.05) is 11.8 Å². The van der Waals surface area contributed by atoms with E-state index in [1.807, 2.05) is 57.2 Å². The highest BCUT2D eigenvalue weighted by molar-refractivity contribution is 7.98. The predicted octanol–water partition coefficient (Wildman–Crippen LogP) is 4.44. The van der Waals surface area contributed by atoms with E-state index in [0.717, 1.165) is 16.7 Å². The molecule has 29 heavy (non-hydrogen) atoms. The summed E-state index contributed by atoms with van der Waals surface area (Å²) in [5, 5.41) is 3.36. The van der Waals surface area contributed by atoms with E-state index in [-0.39, 0.29) is 18.6 Å². The summed E-state index contributed by atoms with van der Waals surface area (Å²) in [5.41, 5.74) is 2.75. The molecule has 1 aromatic heterocycles. The summed E-state index contributed by atoms with van der Waals surface area (Å²) < 4.78 is 10.9. The average molecular weight is 413 g/mol. The maximum Gasteiger partial charge on any atom is 0.338 e. The zero-order valence-electron chi connectivity index (χ0n) is 16.7. The third-order valence-electron chi connectivity index (χ3n) is 4.59. The van der Waals surface area contributed by atoms with Crippen LogP contribution >= 0.6 is 11.8 Å². The molecule has 0 saturated heterocycles. The number of hydrogen-bond acceptors (Lipinski definition) is 6. The number of para-hydroxylation sites is 2. The van der Waals surface area contributed by atoms with Crippen LogP contribution in [0, 0.1) is 5.92 Å². The van der Waals surface area contributed by atoms with Crippen molar-refractivity contribution in [2.75, 3.05) is 6.61 Å². The Hall–Kier alpha value is -2.80. The van der Waals surface area contributed by atoms with Crippen molar-refractivity contribution < 1.29 is 18.7 Å². The van der Waals surface area contributed by atoms with Crippen LogP contribution in [-0.2, 0) is 15.3 Å². The van der Waals surface area contributed by atoms with E-state index in [4.69, 9.17) is 9.15 Å². The summed E-state index contributed by atoms with van der Waals surface area (Å²) in [7, 11) is 0. The minimum absolute atomic E-state index is 0.0150. The molecule has 0 unspecified atom stereocenters. The first-order chi connectivity index (χ1) is 13.9. The molecule has 0 radical (unpaired) electrons. The number of nitrogens with zero attached hydrogens (tertiary/aromatic N) is 1. The van der Waals surface area contributed by atoms with Gasteiger partial charge in [-0.15, -0.1) is 0 Å². The van der Waals surface area contributed by atoms with Gasteiger partial charge in [0.05, 0.1) is 5.56 Å². The normalized spacial score (nSPS) is 12.1. The van der Waals surface area contributed by atoms with Crippen molar-refractivity contribution in [3.8, 4) is 0 Å². The summed E-state index contributed by atoms with van der Waals surface area (Å²) in [5.74, 6) is -0.0300. The fourth-order valence-electron chi connectivity index (χ4n) is 2.57. The number of fused-ring (bicyclic) bond motifs is 1. The van der Waals surface area contributed by atoms with E-state index >= 15 is 0 Å². The first kappa shape index (κ1) is 20.9. The smallest absolute Gasteiger partial charge is 0.338 e. The van der Waals surface area contributed by atoms with E-state index in [1.165, 1.54) is 11.8 Å². The van der Waals surface area contributed by atoms with Crippen LogP contribution in [0.4, 0.5) is 0 Å². The molecule has 1 atom stereocenters. The predicted molar refractivity (Wildman–Crippen MR) is 113 cm³/mol. The van der Waals surface area contributed by atoms with Crippen LogP contribution in [0.3, 0.4) is 0 Å². The molecule has 1 amide bonds. The molecule has 0 fully saturated rings. The fourth-order valence-corrected chi connectivity index (χ4v) is 3.41. The number of ether oxygens (including phenoxy) is 1. The average Bonchev–Trinajstić information content (AvgIpc) is 3.13. The largest absolute Gasteiger partial charge is 0.452 e. The number of thioether (sulfide) groups is 1. The number of oxazole rings is 1. The molecular formula is C22H24N2O4S. The summed E-state index contributed by atoms with van der Waals surface area (Å²) >= 11 is 1.40. The number of hydrogen-bond donors (Lipinski definition) is 1. The van der Waals surface area contributed by atoms with Gasteiger partial charge in [0.15, 0.2) is 12.2 Å². The van der Waals surface area contributed by atoms with E-state index in [9.17, 15) is 9.59 Å². The van der Waals surface area contributed by atoms with Gasteiger partial charge in [-0.25, -0.2) is 9.78 Å². The molecule has 0 aliphatic heterocycles. The van der Waals surface area contributed by atoms with Gasteiger partial charge >= 0.3 is 5.97 Å². The number of nitrogens with one attached hydrogen (secondary N) is 1. The SMILES string of the molecule is CC(C)[C@@H](C)NC(=O)COC(=O)c1ccccc1CSc1nc2ccccc2o1. The number of benzene rings is 2. The Kier molecular flexibility index (Phi) is 6.93. The van der Waals surface area contributed by atoms with Gasteiger partial charge in [-0.1, -0.05) is 55.9 Å². The van der Waals surface area contributed by atoms with Crippen LogP contribution in [0.15, 0.2) is 58.2 Å². The third kappa shape index (κ3) is 5.60. The number of amides is 1. The van der Waals surface area contributed by atoms with Crippen LogP contribution in [-0.4, -0.2) is 29.5 Å². The lowest BCUT2D eigenvalue weighted by atomic mass is 10.1. The van der Waals surface area contributed by atoms with Crippen LogP contribution in [0.5, 0.6) is 0 Å². The topological polar surface area (TPSA) is 81.4 Å². The second-order valence-electron chi connectivity index (χ2n) is 7.07. The number of carbonyl (C=O) groups is 2. The highest BCUT2D eigenvalue weighted by Gasteiger charge is 2.17. The molecule has 0 bridgehead atoms. The zero-order chi connectivity index (χ0) is 20.8. The van der Waals surface area contributed by atoms with E-state index < -0.39 is 5.97 Å². The summed E-state index contributed by atoms with van der Waals surface area (Å²) in [4.78, 5) is 28.9. The van der Waals surface area contributed by atoms with Gasteiger partial charge in [0.1, 0.15) is 5.52 Å². The number of carbonyl (C=O) groups excluding carboxylic acids is 2. The fraction of sp³-hybridized carbons (Fsp3) is 0.318. The number of rotatable bonds is 8. The molecule has 3 aromatic rings. The summed E-state index contributed by atoms with van der Waals surface area (Å²) in [6.07, 6.45) is 0. The zero-order valence-corrected chi connectivity index (χ0v) is 17.5. The second-order valence-corrected chi connectivity index (χ2v) is 8.00. The van der Waals surface area contributed by atoms with E-state index in [0.29, 0.717) is 22.5 Å². The van der Waals surface area contributed by atoms with Crippen molar-refractivity contribution >= 4 is 34.7 Å². The Morgan fingerprint density at radius 1 is 1.10 bits per heavy atom. The molecule has 1 heterocycles. The molecule has 6 nitrogen and oxygen atoms in total. The Labute approximate surface area is 174 Å². The minimum Gasteiger partial charge on any atom is -0.452 e. The van der Waals surface area contributed by atoms with Crippen molar-refractivity contribution in [2.24, 2.45) is 5.92 Å². The van der Waals surface area contributed by atoms with Crippen molar-refractivity contribution in [1.82, 2.24) is 10.3 Å². The molecule has 0 saturated carbocycles. The summed E-state index contributed by atoms with van der Waals surface area (Å²) in [6.45, 7) is 5.65. The lowest BCUT2D eigenvalue weighted by molar-refractivity contribution is -0.125. The van der Waals surface area contributed by atoms with Gasteiger partial charge in [0.25, 0.3) is 11.1 Å². The van der Waals surface area contributed by atoms with Crippen LogP contribution in [0.2, 0.25) is 0 Å². The Bertz CT molecular complexity index is 966. The molecule has 2 aromatic carbocycles. The molecule has 1 N–H and O–H groups in total. The van der Waals surface area contributed by atoms with Gasteiger partial charge in [-0.05, 0) is 36.6 Å². The number of aromatic nitrogens is 1. The quantitative estimate of drug-likeness (QED) is 0.435. The first-order valence-corrected chi connectivity index (χ1v) is 10.5. The van der Waals surface area contributed by atoms with Crippen LogP contribution in [0.25, 0.3) is 11.1 Å². The van der Waals surface area contributed by atoms with Gasteiger partial charge in [-0.3, -0.25) is 4.79 Å². The molecule has 7 heteroatoms. The highest BCUT2D eigenvalue weighted by atomic mass is 32.2. The monoisotopic (exact) mass is 412 g/mol. The van der Waals surface area contributed by atoms with E-state index in [2.05, 4.69) is 10.3 Å². The van der Waals surface area contributed by atoms with Gasteiger partial charge in [-0.2, -0.15) is 0 Å². The molecule has 152 valence electrons. The maximum atomic E-state index is 12.5. The standard InChI is InChI=1S/C22H24N2O4S/c1-14(2)15(3)23-20(25)12-27-21(26)17-9-5-4-8-16(17)13-29-22-24-18-10-6-7-11-19(18)28-22/h4-11,14-15H,12-13H2,1-3H3,(H,23,25)/t15-/m1/s1. The first-order valence-electron chi connectivity index (χ1n) is 9.47. The molecule has 0 spiro atoms. The van der Waals surface area contributed by atoms with Crippen molar-refractivity contribution in [1.29, 1.82) is 0 Å². The molecule has 0 aliphatic carbocycles. The maximum absolute atomic E-state index is 12.5. The molecule has 0 aliphatic rings. The Morgan fingerprint density at radius 3 is 2.59 bits per heavy atom. The van der Waals surface area contributed by atoms with Crippen molar-refractivity contribution in [2.45, 2.75) is 37.8 Å². The second kappa shape index (κ2) is 9.60. The van der Waals surface area contributed by atoms with Crippen molar-refractivity contribution in [3.63, 3.8) is 0 Å². The molecular weight excluding hydrogens is 388 g/mol. The van der Waals surface area contributed by atoms with E-state index in [1.54, 1.807) is 12.1 Å². The highest BCUT2D eigenvalue weighted by Crippen LogP contribution is 2.27. The minimum atomic E-state index is -0.522. The van der Waals surface area contributed by atoms with Crippen molar-refractivity contribution in [3.05, 3.63) is 59.7 Å². The van der Waals surface area contributed by atoms with Crippen LogP contribution in [0.1, 0.15) is 36.7 Å². The van der Waals surface area contributed by atoms with Crippen LogP contribution < -0.4 is 5.32 Å². The summed E-state index contributed by atoms with van der Waals surface area (Å²) in [6, 6.07) is 14.7. The van der Waals surface area contributed by atoms with Gasteiger partial charge in [0.2, 0.25) is 0 Å². The Morgan fingerprint density at radius 2 is 1.83 bits per heavy atom.